The van der Waals surface area contributed by atoms with Crippen molar-refractivity contribution in [2.75, 3.05) is 20.7 Å². The lowest BCUT2D eigenvalue weighted by Gasteiger charge is -2.29. The van der Waals surface area contributed by atoms with Crippen molar-refractivity contribution >= 4 is 29.5 Å². The molecule has 0 aliphatic rings. The molecule has 0 fully saturated rings. The summed E-state index contributed by atoms with van der Waals surface area (Å²) in [5, 5.41) is 9.00. The number of ketones is 1. The predicted molar refractivity (Wildman–Crippen MR) is 111 cm³/mol. The van der Waals surface area contributed by atoms with Crippen LogP contribution < -0.4 is 5.45 Å². The maximum atomic E-state index is 13.1. The first-order chi connectivity index (χ1) is 12.7. The van der Waals surface area contributed by atoms with Crippen molar-refractivity contribution in [3.8, 4) is 0 Å². The number of carbonyl (C=O) groups excluding carboxylic acids is 1. The Kier molecular flexibility index (Phi) is 8.54. The average Bonchev–Trinajstić information content (AvgIpc) is 3.06. The van der Waals surface area contributed by atoms with Gasteiger partial charge in [-0.1, -0.05) is 18.2 Å². The highest BCUT2D eigenvalue weighted by Gasteiger charge is 2.41. The highest BCUT2D eigenvalue weighted by Crippen LogP contribution is 2.24. The van der Waals surface area contributed by atoms with Crippen molar-refractivity contribution < 1.29 is 18.3 Å². The minimum absolute atomic E-state index is 0.0150. The van der Waals surface area contributed by atoms with E-state index in [-0.39, 0.29) is 30.9 Å². The van der Waals surface area contributed by atoms with E-state index in [2.05, 4.69) is 24.7 Å². The van der Waals surface area contributed by atoms with Crippen LogP contribution >= 0.6 is 0 Å². The minimum atomic E-state index is -3.97. The number of aliphatic hydroxyl groups is 1. The second-order valence-corrected chi connectivity index (χ2v) is 12.8. The second kappa shape index (κ2) is 9.93. The van der Waals surface area contributed by atoms with E-state index < -0.39 is 18.3 Å². The predicted octanol–water partition coefficient (Wildman–Crippen LogP) is 1.71. The Labute approximate surface area is 162 Å². The van der Waals surface area contributed by atoms with Crippen LogP contribution in [0.1, 0.15) is 23.3 Å². The highest BCUT2D eigenvalue weighted by molar-refractivity contribution is 7.87. The lowest BCUT2D eigenvalue weighted by molar-refractivity contribution is 0.0965. The molecule has 1 aromatic rings. The molecule has 1 aromatic heterocycles. The lowest BCUT2D eigenvalue weighted by atomic mass is 10.2. The van der Waals surface area contributed by atoms with Crippen molar-refractivity contribution in [2.24, 2.45) is 0 Å². The van der Waals surface area contributed by atoms with Crippen molar-refractivity contribution in [1.82, 2.24) is 13.3 Å². The number of Topliss-reactive ketones (excluding diaryl/α,β-unsaturated/α-hetero) is 1. The van der Waals surface area contributed by atoms with E-state index in [0.717, 1.165) is 8.28 Å². The van der Waals surface area contributed by atoms with Crippen LogP contribution in [-0.4, -0.2) is 61.3 Å². The first-order valence-corrected chi connectivity index (χ1v) is 12.7. The van der Waals surface area contributed by atoms with Gasteiger partial charge in [-0.3, -0.25) is 4.79 Å². The molecular formula is C18H29N3O4SSi. The molecule has 1 heterocycles. The van der Waals surface area contributed by atoms with Crippen LogP contribution in [0.5, 0.6) is 0 Å². The molecule has 27 heavy (non-hydrogen) atoms. The number of nitrogens with zero attached hydrogens (tertiary/aromatic N) is 3. The van der Waals surface area contributed by atoms with Gasteiger partial charge in [-0.25, -0.2) is 8.96 Å². The SMILES string of the molecule is C=CC[Si](CC=C)(CC=C)c1ncc(C(=O)CCCO)n1S(=O)(=O)N(C)C. The van der Waals surface area contributed by atoms with E-state index in [4.69, 9.17) is 5.11 Å². The maximum Gasteiger partial charge on any atom is 0.308 e. The zero-order chi connectivity index (χ0) is 20.7. The molecule has 0 unspecified atom stereocenters. The molecule has 0 aliphatic heterocycles. The van der Waals surface area contributed by atoms with E-state index in [1.54, 1.807) is 18.2 Å². The Morgan fingerprint density at radius 3 is 2.15 bits per heavy atom. The number of aromatic nitrogens is 2. The topological polar surface area (TPSA) is 92.5 Å². The number of rotatable bonds is 13. The lowest BCUT2D eigenvalue weighted by Crippen LogP contribution is -2.54. The molecule has 7 nitrogen and oxygen atoms in total. The van der Waals surface area contributed by atoms with Crippen LogP contribution in [0.2, 0.25) is 18.1 Å². The first kappa shape index (κ1) is 23.2. The zero-order valence-corrected chi connectivity index (χ0v) is 17.9. The van der Waals surface area contributed by atoms with Gasteiger partial charge < -0.3 is 5.11 Å². The van der Waals surface area contributed by atoms with E-state index in [9.17, 15) is 13.2 Å². The molecule has 1 rings (SSSR count). The number of hydrogen-bond donors (Lipinski definition) is 1. The van der Waals surface area contributed by atoms with Crippen molar-refractivity contribution in [2.45, 2.75) is 31.0 Å². The van der Waals surface area contributed by atoms with Crippen LogP contribution in [0.15, 0.2) is 44.2 Å². The molecule has 0 aromatic carbocycles. The van der Waals surface area contributed by atoms with Gasteiger partial charge in [0, 0.05) is 27.1 Å². The van der Waals surface area contributed by atoms with Gasteiger partial charge in [-0.2, -0.15) is 12.7 Å². The molecule has 0 atom stereocenters. The standard InChI is InChI=1S/C18H29N3O4SSi/c1-6-12-27(13-7-2,14-8-3)18-19-15-16(17(23)10-9-11-22)21(18)26(24,25)20(4)5/h6-8,15,22H,1-3,9-14H2,4-5H3. The van der Waals surface area contributed by atoms with Crippen LogP contribution in [0.4, 0.5) is 0 Å². The fourth-order valence-electron chi connectivity index (χ4n) is 3.00. The summed E-state index contributed by atoms with van der Waals surface area (Å²) in [7, 11) is -3.67. The average molecular weight is 412 g/mol. The Morgan fingerprint density at radius 1 is 1.22 bits per heavy atom. The second-order valence-electron chi connectivity index (χ2n) is 6.53. The molecule has 150 valence electrons. The van der Waals surface area contributed by atoms with Crippen LogP contribution in [0.25, 0.3) is 0 Å². The molecular weight excluding hydrogens is 382 g/mol. The number of hydrogen-bond acceptors (Lipinski definition) is 5. The summed E-state index contributed by atoms with van der Waals surface area (Å²) in [5.74, 6) is -0.369. The summed E-state index contributed by atoms with van der Waals surface area (Å²) in [4.78, 5) is 17.0. The molecule has 0 radical (unpaired) electrons. The Balaban J connectivity index is 3.78. The van der Waals surface area contributed by atoms with Crippen LogP contribution in [-0.2, 0) is 10.2 Å². The number of imidazole rings is 1. The third kappa shape index (κ3) is 4.92. The molecule has 0 aliphatic carbocycles. The fourth-order valence-corrected chi connectivity index (χ4v) is 8.51. The van der Waals surface area contributed by atoms with Gasteiger partial charge in [-0.05, 0) is 24.6 Å². The van der Waals surface area contributed by atoms with Gasteiger partial charge in [-0.15, -0.1) is 19.7 Å². The Bertz CT molecular complexity index is 773. The summed E-state index contributed by atoms with van der Waals surface area (Å²) in [6.07, 6.45) is 6.90. The van der Waals surface area contributed by atoms with E-state index in [0.29, 0.717) is 23.6 Å². The number of allylic oxidation sites excluding steroid dienone is 3. The fraction of sp³-hybridized carbons (Fsp3) is 0.444. The summed E-state index contributed by atoms with van der Waals surface area (Å²) >= 11 is 0. The highest BCUT2D eigenvalue weighted by atomic mass is 32.2. The Morgan fingerprint density at radius 2 is 1.74 bits per heavy atom. The summed E-state index contributed by atoms with van der Waals surface area (Å²) < 4.78 is 28.3. The van der Waals surface area contributed by atoms with Crippen molar-refractivity contribution in [3.05, 3.63) is 49.9 Å². The molecule has 0 saturated carbocycles. The van der Waals surface area contributed by atoms with Crippen molar-refractivity contribution in [1.29, 1.82) is 0 Å². The smallest absolute Gasteiger partial charge is 0.308 e. The molecule has 0 spiro atoms. The molecule has 0 bridgehead atoms. The molecule has 9 heteroatoms. The quantitative estimate of drug-likeness (QED) is 0.303. The summed E-state index contributed by atoms with van der Waals surface area (Å²) in [6.45, 7) is 11.3. The largest absolute Gasteiger partial charge is 0.396 e. The minimum Gasteiger partial charge on any atom is -0.396 e. The number of aliphatic hydroxyl groups excluding tert-OH is 1. The summed E-state index contributed by atoms with van der Waals surface area (Å²) in [5.41, 5.74) is 0.407. The zero-order valence-electron chi connectivity index (χ0n) is 16.1. The van der Waals surface area contributed by atoms with Crippen molar-refractivity contribution in [3.63, 3.8) is 0 Å². The van der Waals surface area contributed by atoms with E-state index in [1.165, 1.54) is 20.3 Å². The molecule has 1 N–H and O–H groups in total. The summed E-state index contributed by atoms with van der Waals surface area (Å²) in [6, 6.07) is 1.74. The third-order valence-corrected chi connectivity index (χ3v) is 10.8. The van der Waals surface area contributed by atoms with Gasteiger partial charge in [0.15, 0.2) is 5.78 Å². The monoisotopic (exact) mass is 411 g/mol. The number of carbonyl (C=O) groups is 1. The van der Waals surface area contributed by atoms with Gasteiger partial charge in [0.1, 0.15) is 19.2 Å². The normalized spacial score (nSPS) is 12.1. The van der Waals surface area contributed by atoms with Crippen LogP contribution in [0, 0.1) is 0 Å². The Hall–Kier alpha value is -1.81. The van der Waals surface area contributed by atoms with Crippen LogP contribution in [0.3, 0.4) is 0 Å². The maximum absolute atomic E-state index is 13.1. The molecule has 0 saturated heterocycles. The van der Waals surface area contributed by atoms with E-state index >= 15 is 0 Å². The first-order valence-electron chi connectivity index (χ1n) is 8.69. The van der Waals surface area contributed by atoms with Gasteiger partial charge in [0.25, 0.3) is 0 Å². The van der Waals surface area contributed by atoms with E-state index in [1.807, 2.05) is 0 Å². The van der Waals surface area contributed by atoms with Gasteiger partial charge >= 0.3 is 10.2 Å². The molecule has 0 amide bonds. The van der Waals surface area contributed by atoms with Gasteiger partial charge in [0.2, 0.25) is 0 Å². The van der Waals surface area contributed by atoms with Gasteiger partial charge in [0.05, 0.1) is 6.20 Å². The third-order valence-electron chi connectivity index (χ3n) is 4.34.